The van der Waals surface area contributed by atoms with Crippen LogP contribution in [0.2, 0.25) is 0 Å². The Labute approximate surface area is 88.4 Å². The number of aliphatic hydroxyl groups is 1. The van der Waals surface area contributed by atoms with E-state index in [1.165, 1.54) is 11.8 Å². The van der Waals surface area contributed by atoms with E-state index in [9.17, 15) is 5.11 Å². The third-order valence-corrected chi connectivity index (χ3v) is 3.27. The van der Waals surface area contributed by atoms with Crippen molar-refractivity contribution in [2.45, 2.75) is 6.23 Å². The van der Waals surface area contributed by atoms with Crippen LogP contribution in [0.5, 0.6) is 0 Å². The standard InChI is InChI=1S/C8H7BrN2OS/c9-5-2-1-3-10-7(5)8-11-6(12)4-13-8/h1-3,6,12H,4H2. The van der Waals surface area contributed by atoms with Crippen molar-refractivity contribution in [2.75, 3.05) is 5.75 Å². The summed E-state index contributed by atoms with van der Waals surface area (Å²) in [4.78, 5) is 8.25. The normalized spacial score (nSPS) is 21.7. The predicted octanol–water partition coefficient (Wildman–Crippen LogP) is 1.66. The van der Waals surface area contributed by atoms with Gasteiger partial charge in [-0.05, 0) is 28.1 Å². The topological polar surface area (TPSA) is 45.5 Å². The molecule has 0 saturated carbocycles. The number of rotatable bonds is 1. The molecule has 0 spiro atoms. The van der Waals surface area contributed by atoms with Crippen molar-refractivity contribution < 1.29 is 5.11 Å². The van der Waals surface area contributed by atoms with E-state index >= 15 is 0 Å². The second-order valence-electron chi connectivity index (χ2n) is 2.56. The van der Waals surface area contributed by atoms with Gasteiger partial charge in [0.15, 0.2) is 6.23 Å². The number of halogens is 1. The van der Waals surface area contributed by atoms with Gasteiger partial charge in [-0.2, -0.15) is 0 Å². The summed E-state index contributed by atoms with van der Waals surface area (Å²) in [7, 11) is 0. The number of aliphatic imine (C=N–C) groups is 1. The van der Waals surface area contributed by atoms with Crippen molar-refractivity contribution >= 4 is 32.7 Å². The fourth-order valence-corrected chi connectivity index (χ4v) is 2.49. The Hall–Kier alpha value is -0.390. The highest BCUT2D eigenvalue weighted by molar-refractivity contribution is 9.10. The first kappa shape index (κ1) is 9.18. The van der Waals surface area contributed by atoms with E-state index < -0.39 is 6.23 Å². The molecule has 68 valence electrons. The van der Waals surface area contributed by atoms with Crippen molar-refractivity contribution in [3.63, 3.8) is 0 Å². The number of hydrogen-bond donors (Lipinski definition) is 1. The lowest BCUT2D eigenvalue weighted by Crippen LogP contribution is -1.99. The Kier molecular flexibility index (Phi) is 2.66. The van der Waals surface area contributed by atoms with Crippen molar-refractivity contribution in [1.82, 2.24) is 4.98 Å². The molecule has 0 radical (unpaired) electrons. The van der Waals surface area contributed by atoms with E-state index in [4.69, 9.17) is 0 Å². The highest BCUT2D eigenvalue weighted by Crippen LogP contribution is 2.25. The van der Waals surface area contributed by atoms with Gasteiger partial charge in [0.2, 0.25) is 0 Å². The molecular weight excluding hydrogens is 252 g/mol. The lowest BCUT2D eigenvalue weighted by Gasteiger charge is -1.99. The zero-order valence-corrected chi connectivity index (χ0v) is 9.05. The van der Waals surface area contributed by atoms with Crippen LogP contribution in [0.25, 0.3) is 0 Å². The Morgan fingerprint density at radius 1 is 1.62 bits per heavy atom. The molecule has 0 fully saturated rings. The Morgan fingerprint density at radius 2 is 2.46 bits per heavy atom. The van der Waals surface area contributed by atoms with Gasteiger partial charge in [0.25, 0.3) is 0 Å². The average Bonchev–Trinajstić information content (AvgIpc) is 2.53. The van der Waals surface area contributed by atoms with E-state index in [1.807, 2.05) is 12.1 Å². The van der Waals surface area contributed by atoms with E-state index in [2.05, 4.69) is 25.9 Å². The molecule has 1 aliphatic rings. The van der Waals surface area contributed by atoms with Gasteiger partial charge in [-0.15, -0.1) is 0 Å². The first-order chi connectivity index (χ1) is 6.27. The first-order valence-electron chi connectivity index (χ1n) is 3.77. The van der Waals surface area contributed by atoms with Gasteiger partial charge in [0.1, 0.15) is 10.7 Å². The van der Waals surface area contributed by atoms with Crippen LogP contribution in [0.15, 0.2) is 27.8 Å². The van der Waals surface area contributed by atoms with Gasteiger partial charge in [-0.1, -0.05) is 11.8 Å². The molecule has 0 aliphatic carbocycles. The number of pyridine rings is 1. The third kappa shape index (κ3) is 1.92. The molecular formula is C8H7BrN2OS. The van der Waals surface area contributed by atoms with Crippen LogP contribution in [-0.4, -0.2) is 27.1 Å². The molecule has 0 aromatic carbocycles. The van der Waals surface area contributed by atoms with Crippen LogP contribution in [-0.2, 0) is 0 Å². The summed E-state index contributed by atoms with van der Waals surface area (Å²) in [6, 6.07) is 3.76. The predicted molar refractivity (Wildman–Crippen MR) is 56.9 cm³/mol. The first-order valence-corrected chi connectivity index (χ1v) is 5.55. The molecule has 0 amide bonds. The highest BCUT2D eigenvalue weighted by atomic mass is 79.9. The number of thioether (sulfide) groups is 1. The fraction of sp³-hybridized carbons (Fsp3) is 0.250. The quantitative estimate of drug-likeness (QED) is 0.834. The molecule has 0 saturated heterocycles. The van der Waals surface area contributed by atoms with Crippen molar-refractivity contribution in [2.24, 2.45) is 4.99 Å². The van der Waals surface area contributed by atoms with Gasteiger partial charge < -0.3 is 5.11 Å². The van der Waals surface area contributed by atoms with E-state index in [1.54, 1.807) is 6.20 Å². The molecule has 3 nitrogen and oxygen atoms in total. The molecule has 0 bridgehead atoms. The summed E-state index contributed by atoms with van der Waals surface area (Å²) < 4.78 is 0.912. The summed E-state index contributed by atoms with van der Waals surface area (Å²) in [5, 5.41) is 10.0. The van der Waals surface area contributed by atoms with Crippen LogP contribution < -0.4 is 0 Å². The van der Waals surface area contributed by atoms with Crippen molar-refractivity contribution in [1.29, 1.82) is 0 Å². The smallest absolute Gasteiger partial charge is 0.155 e. The van der Waals surface area contributed by atoms with Crippen LogP contribution >= 0.6 is 27.7 Å². The molecule has 5 heteroatoms. The maximum atomic E-state index is 9.20. The second-order valence-corrected chi connectivity index (χ2v) is 4.42. The summed E-state index contributed by atoms with van der Waals surface area (Å²) in [6.07, 6.45) is 1.14. The highest BCUT2D eigenvalue weighted by Gasteiger charge is 2.19. The van der Waals surface area contributed by atoms with Gasteiger partial charge >= 0.3 is 0 Å². The van der Waals surface area contributed by atoms with Gasteiger partial charge in [0, 0.05) is 16.4 Å². The van der Waals surface area contributed by atoms with Gasteiger partial charge in [-0.3, -0.25) is 4.98 Å². The molecule has 13 heavy (non-hydrogen) atoms. The SMILES string of the molecule is OC1CSC(c2ncccc2Br)=N1. The van der Waals surface area contributed by atoms with Crippen LogP contribution in [0.3, 0.4) is 0 Å². The average molecular weight is 259 g/mol. The number of hydrogen-bond acceptors (Lipinski definition) is 4. The number of aromatic nitrogens is 1. The maximum absolute atomic E-state index is 9.20. The number of aliphatic hydroxyl groups excluding tert-OH is 1. The minimum Gasteiger partial charge on any atom is -0.371 e. The maximum Gasteiger partial charge on any atom is 0.155 e. The number of nitrogens with zero attached hydrogens (tertiary/aromatic N) is 2. The van der Waals surface area contributed by atoms with Crippen LogP contribution in [0, 0.1) is 0 Å². The second kappa shape index (κ2) is 3.77. The summed E-state index contributed by atoms with van der Waals surface area (Å²) in [5.41, 5.74) is 0.809. The minimum absolute atomic E-state index is 0.575. The lowest BCUT2D eigenvalue weighted by molar-refractivity contribution is 0.213. The van der Waals surface area contributed by atoms with E-state index in [0.29, 0.717) is 5.75 Å². The van der Waals surface area contributed by atoms with Crippen LogP contribution in [0.4, 0.5) is 0 Å². The molecule has 1 aliphatic heterocycles. The molecule has 2 rings (SSSR count). The van der Waals surface area contributed by atoms with Crippen molar-refractivity contribution in [3.05, 3.63) is 28.5 Å². The molecule has 1 aromatic rings. The largest absolute Gasteiger partial charge is 0.371 e. The zero-order valence-electron chi connectivity index (χ0n) is 6.64. The Bertz CT molecular complexity index is 356. The summed E-state index contributed by atoms with van der Waals surface area (Å²) in [5.74, 6) is 0.623. The summed E-state index contributed by atoms with van der Waals surface area (Å²) in [6.45, 7) is 0. The van der Waals surface area contributed by atoms with Crippen LogP contribution in [0.1, 0.15) is 5.69 Å². The van der Waals surface area contributed by atoms with E-state index in [0.717, 1.165) is 15.2 Å². The zero-order chi connectivity index (χ0) is 9.26. The lowest BCUT2D eigenvalue weighted by atomic mass is 10.4. The van der Waals surface area contributed by atoms with Crippen molar-refractivity contribution in [3.8, 4) is 0 Å². The monoisotopic (exact) mass is 258 g/mol. The van der Waals surface area contributed by atoms with E-state index in [-0.39, 0.29) is 0 Å². The van der Waals surface area contributed by atoms with Gasteiger partial charge in [0.05, 0.1) is 0 Å². The Balaban J connectivity index is 2.36. The molecule has 1 atom stereocenters. The third-order valence-electron chi connectivity index (χ3n) is 1.60. The summed E-state index contributed by atoms with van der Waals surface area (Å²) >= 11 is 4.91. The molecule has 1 N–H and O–H groups in total. The van der Waals surface area contributed by atoms with Gasteiger partial charge in [-0.25, -0.2) is 4.99 Å². The molecule has 1 aromatic heterocycles. The Morgan fingerprint density at radius 3 is 3.08 bits per heavy atom. The fourth-order valence-electron chi connectivity index (χ4n) is 1.04. The minimum atomic E-state index is -0.575. The molecule has 1 unspecified atom stereocenters. The molecule has 2 heterocycles.